The van der Waals surface area contributed by atoms with E-state index >= 15 is 0 Å². The number of amides is 2. The van der Waals surface area contributed by atoms with Gasteiger partial charge < -0.3 is 20.5 Å². The second-order valence-electron chi connectivity index (χ2n) is 13.4. The van der Waals surface area contributed by atoms with Crippen LogP contribution < -0.4 is 32.9 Å². The number of hydrogen-bond acceptors (Lipinski definition) is 15. The van der Waals surface area contributed by atoms with Crippen molar-refractivity contribution in [2.24, 2.45) is 0 Å². The Balaban J connectivity index is 0.000000195. The summed E-state index contributed by atoms with van der Waals surface area (Å²) in [5.41, 5.74) is -0.0117. The molecule has 22 nitrogen and oxygen atoms in total. The second-order valence-corrected chi connectivity index (χ2v) is 13.4. The van der Waals surface area contributed by atoms with E-state index in [0.29, 0.717) is 22.6 Å². The molecule has 0 aliphatic heterocycles. The molecule has 8 aromatic heterocycles. The van der Waals surface area contributed by atoms with Gasteiger partial charge in [0, 0.05) is 49.6 Å². The number of fused-ring (bicyclic) bond motifs is 4. The largest absolute Gasteiger partial charge is 0.480 e. The molecule has 344 valence electrons. The molecule has 0 bridgehead atoms. The van der Waals surface area contributed by atoms with Crippen LogP contribution in [0.5, 0.6) is 0 Å². The number of rotatable bonds is 9. The van der Waals surface area contributed by atoms with Gasteiger partial charge in [-0.2, -0.15) is 0 Å². The van der Waals surface area contributed by atoms with Crippen molar-refractivity contribution in [3.05, 3.63) is 186 Å². The maximum absolute atomic E-state index is 12.0. The van der Waals surface area contributed by atoms with Crippen LogP contribution >= 0.6 is 0 Å². The fraction of sp³-hybridized carbons (Fsp3) is 0.156. The molecular weight excluding hydrogens is 873 g/mol. The molecule has 8 aromatic rings. The topological polar surface area (TPSA) is 293 Å². The second kappa shape index (κ2) is 23.4. The summed E-state index contributed by atoms with van der Waals surface area (Å²) in [6.45, 7) is 3.98. The Kier molecular flexibility index (Phi) is 17.5. The highest BCUT2D eigenvalue weighted by molar-refractivity contribution is 5.96. The normalized spacial score (nSPS) is 10.1. The standard InChI is InChI=1S/C12H11N3O3.C11H9N3O4.C11H10N2O3.C10H8N2O2.CH4/c1-8(16)6-14-11(17)9-7-13-10-4-2-3-5-15(10)12(9)18;15-9(16)6-13-10(17)7-5-12-8-3-1-2-4-14(8)11(7)18;1-2-16-11(15)8-7-12-9-5-3-4-6-13(9)10(8)14;1-7(13)8-6-11-9-4-2-3-5-12(9)10(8)14;/h2-5,7H,6H2,1H3,(H,14,17);1-5H,6H2,(H,13,17)(H,15,16);3-7H,2H2,1H3;2-6H,1H3;1H4. The molecule has 0 saturated carbocycles. The number of pyridine rings is 4. The molecule has 8 rings (SSSR count). The van der Waals surface area contributed by atoms with Gasteiger partial charge in [0.25, 0.3) is 34.1 Å². The Hall–Kier alpha value is -9.34. The van der Waals surface area contributed by atoms with Gasteiger partial charge in [0.15, 0.2) is 5.78 Å². The summed E-state index contributed by atoms with van der Waals surface area (Å²) in [6.07, 6.45) is 11.1. The number of aliphatic carboxylic acids is 1. The van der Waals surface area contributed by atoms with Gasteiger partial charge in [-0.15, -0.1) is 0 Å². The molecule has 0 spiro atoms. The summed E-state index contributed by atoms with van der Waals surface area (Å²) >= 11 is 0. The van der Waals surface area contributed by atoms with Crippen LogP contribution in [0.1, 0.15) is 69.6 Å². The van der Waals surface area contributed by atoms with Crippen molar-refractivity contribution >= 4 is 57.9 Å². The summed E-state index contributed by atoms with van der Waals surface area (Å²) in [5, 5.41) is 12.9. The summed E-state index contributed by atoms with van der Waals surface area (Å²) in [7, 11) is 0. The minimum absolute atomic E-state index is 0. The number of Topliss-reactive ketones (excluding diaryl/α,β-unsaturated/α-hetero) is 2. The first-order valence-electron chi connectivity index (χ1n) is 19.4. The number of carbonyl (C=O) groups is 6. The Morgan fingerprint density at radius 3 is 1.19 bits per heavy atom. The summed E-state index contributed by atoms with van der Waals surface area (Å²) < 4.78 is 9.93. The van der Waals surface area contributed by atoms with Crippen molar-refractivity contribution < 1.29 is 38.6 Å². The molecule has 22 heteroatoms. The molecule has 0 aromatic carbocycles. The first-order chi connectivity index (χ1) is 31.6. The van der Waals surface area contributed by atoms with Crippen molar-refractivity contribution in [1.29, 1.82) is 0 Å². The minimum Gasteiger partial charge on any atom is -0.480 e. The van der Waals surface area contributed by atoms with Gasteiger partial charge in [0.1, 0.15) is 57.2 Å². The highest BCUT2D eigenvalue weighted by atomic mass is 16.5. The maximum Gasteiger partial charge on any atom is 0.345 e. The zero-order chi connectivity index (χ0) is 47.9. The molecule has 67 heavy (non-hydrogen) atoms. The van der Waals surface area contributed by atoms with Crippen molar-refractivity contribution in [2.75, 3.05) is 19.7 Å². The SMILES string of the molecule is C.CC(=O)CNC(=O)c1cnc2ccccn2c1=O.CC(=O)c1cnc2ccccn2c1=O.CCOC(=O)c1cnc2ccccn2c1=O.O=C(O)CNC(=O)c1cnc2ccccn2c1=O. The van der Waals surface area contributed by atoms with Crippen LogP contribution in [0, 0.1) is 0 Å². The average Bonchev–Trinajstić information content (AvgIpc) is 3.31. The molecule has 0 unspecified atom stereocenters. The van der Waals surface area contributed by atoms with E-state index in [4.69, 9.17) is 9.84 Å². The van der Waals surface area contributed by atoms with Crippen LogP contribution in [0.25, 0.3) is 22.6 Å². The van der Waals surface area contributed by atoms with E-state index in [1.807, 2.05) is 0 Å². The third kappa shape index (κ3) is 12.7. The highest BCUT2D eigenvalue weighted by Gasteiger charge is 2.16. The first-order valence-corrected chi connectivity index (χ1v) is 19.4. The number of nitrogens with one attached hydrogen (secondary N) is 2. The van der Waals surface area contributed by atoms with Crippen LogP contribution in [0.15, 0.2) is 142 Å². The van der Waals surface area contributed by atoms with E-state index in [0.717, 1.165) is 6.20 Å². The molecule has 8 heterocycles. The highest BCUT2D eigenvalue weighted by Crippen LogP contribution is 2.01. The third-order valence-corrected chi connectivity index (χ3v) is 8.72. The maximum atomic E-state index is 12.0. The molecule has 3 N–H and O–H groups in total. The number of carbonyl (C=O) groups excluding carboxylic acids is 5. The van der Waals surface area contributed by atoms with E-state index in [1.54, 1.807) is 92.1 Å². The Labute approximate surface area is 377 Å². The molecule has 0 atom stereocenters. The Morgan fingerprint density at radius 1 is 0.522 bits per heavy atom. The number of nitrogens with zero attached hydrogens (tertiary/aromatic N) is 8. The zero-order valence-electron chi connectivity index (χ0n) is 35.2. The molecule has 0 radical (unpaired) electrons. The predicted molar refractivity (Wildman–Crippen MR) is 242 cm³/mol. The Morgan fingerprint density at radius 2 is 0.851 bits per heavy atom. The van der Waals surface area contributed by atoms with E-state index in [-0.39, 0.29) is 60.0 Å². The molecule has 0 fully saturated rings. The van der Waals surface area contributed by atoms with Crippen molar-refractivity contribution in [3.63, 3.8) is 0 Å². The lowest BCUT2D eigenvalue weighted by Gasteiger charge is -2.04. The monoisotopic (exact) mass is 914 g/mol. The smallest absolute Gasteiger partial charge is 0.345 e. The number of aromatic nitrogens is 8. The zero-order valence-corrected chi connectivity index (χ0v) is 35.2. The lowest BCUT2D eigenvalue weighted by Crippen LogP contribution is -2.34. The van der Waals surface area contributed by atoms with Gasteiger partial charge in [-0.1, -0.05) is 31.7 Å². The number of hydrogen-bond donors (Lipinski definition) is 3. The number of carboxylic acids is 1. The Bertz CT molecular complexity index is 3280. The first kappa shape index (κ1) is 50.3. The quantitative estimate of drug-likeness (QED) is 0.138. The average molecular weight is 915 g/mol. The van der Waals surface area contributed by atoms with Crippen LogP contribution in [0.2, 0.25) is 0 Å². The van der Waals surface area contributed by atoms with Gasteiger partial charge in [0.2, 0.25) is 0 Å². The van der Waals surface area contributed by atoms with E-state index in [9.17, 15) is 47.9 Å². The lowest BCUT2D eigenvalue weighted by atomic mass is 10.2. The van der Waals surface area contributed by atoms with Gasteiger partial charge >= 0.3 is 11.9 Å². The van der Waals surface area contributed by atoms with Gasteiger partial charge in [-0.05, 0) is 69.3 Å². The minimum atomic E-state index is -1.18. The van der Waals surface area contributed by atoms with Crippen molar-refractivity contribution in [2.45, 2.75) is 28.2 Å². The molecule has 0 saturated heterocycles. The summed E-state index contributed by atoms with van der Waals surface area (Å²) in [6, 6.07) is 20.4. The fourth-order valence-electron chi connectivity index (χ4n) is 5.56. The summed E-state index contributed by atoms with van der Waals surface area (Å²) in [5.74, 6) is -3.62. The van der Waals surface area contributed by atoms with Crippen LogP contribution in [-0.2, 0) is 14.3 Å². The van der Waals surface area contributed by atoms with Crippen molar-refractivity contribution in [3.8, 4) is 0 Å². The number of esters is 1. The van der Waals surface area contributed by atoms with Crippen LogP contribution in [-0.4, -0.2) is 97.7 Å². The molecule has 0 aliphatic carbocycles. The van der Waals surface area contributed by atoms with Gasteiger partial charge in [-0.25, -0.2) is 24.7 Å². The third-order valence-electron chi connectivity index (χ3n) is 8.72. The van der Waals surface area contributed by atoms with Crippen LogP contribution in [0.3, 0.4) is 0 Å². The summed E-state index contributed by atoms with van der Waals surface area (Å²) in [4.78, 5) is 130. The molecule has 0 aliphatic rings. The van der Waals surface area contributed by atoms with Gasteiger partial charge in [0.05, 0.1) is 13.2 Å². The molecule has 2 amide bonds. The van der Waals surface area contributed by atoms with Gasteiger partial charge in [-0.3, -0.25) is 60.8 Å². The van der Waals surface area contributed by atoms with E-state index in [1.165, 1.54) is 62.4 Å². The van der Waals surface area contributed by atoms with E-state index < -0.39 is 47.0 Å². The van der Waals surface area contributed by atoms with Crippen molar-refractivity contribution in [1.82, 2.24) is 48.2 Å². The van der Waals surface area contributed by atoms with Crippen LogP contribution in [0.4, 0.5) is 0 Å². The number of ketones is 2. The predicted octanol–water partition coefficient (Wildman–Crippen LogP) is 1.93. The van der Waals surface area contributed by atoms with E-state index in [2.05, 4.69) is 30.6 Å². The fourth-order valence-corrected chi connectivity index (χ4v) is 5.56. The number of carboxylic acid groups (broad SMARTS) is 1. The molecular formula is C45H42N10O12. The number of ether oxygens (including phenoxy) is 1. The lowest BCUT2D eigenvalue weighted by molar-refractivity contribution is -0.135.